The quantitative estimate of drug-likeness (QED) is 0.627. The molecule has 0 N–H and O–H groups in total. The molecule has 1 fully saturated rings. The summed E-state index contributed by atoms with van der Waals surface area (Å²) in [6.07, 6.45) is 7.49. The SMILES string of the molecule is CC(C)(C)OC(C)(C)C1CC2C=CC1C2. The largest absolute Gasteiger partial charge is 0.370 e. The van der Waals surface area contributed by atoms with Crippen LogP contribution in [0.5, 0.6) is 0 Å². The highest BCUT2D eigenvalue weighted by Crippen LogP contribution is 2.49. The zero-order valence-corrected chi connectivity index (χ0v) is 10.7. The lowest BCUT2D eigenvalue weighted by atomic mass is 9.80. The van der Waals surface area contributed by atoms with Gasteiger partial charge in [-0.05, 0) is 65.2 Å². The molecule has 2 rings (SSSR count). The first-order chi connectivity index (χ1) is 6.78. The number of ether oxygens (including phenoxy) is 1. The van der Waals surface area contributed by atoms with E-state index in [1.54, 1.807) is 0 Å². The molecule has 0 aromatic carbocycles. The zero-order chi connectivity index (χ0) is 11.3. The van der Waals surface area contributed by atoms with Gasteiger partial charge in [0.15, 0.2) is 0 Å². The third-order valence-corrected chi connectivity index (χ3v) is 3.74. The monoisotopic (exact) mass is 208 g/mol. The van der Waals surface area contributed by atoms with Gasteiger partial charge in [0.25, 0.3) is 0 Å². The van der Waals surface area contributed by atoms with Gasteiger partial charge in [0.1, 0.15) is 0 Å². The highest BCUT2D eigenvalue weighted by molar-refractivity contribution is 5.13. The van der Waals surface area contributed by atoms with Crippen LogP contribution in [0.4, 0.5) is 0 Å². The summed E-state index contributed by atoms with van der Waals surface area (Å²) in [7, 11) is 0. The first-order valence-electron chi connectivity index (χ1n) is 6.16. The molecule has 3 unspecified atom stereocenters. The van der Waals surface area contributed by atoms with Crippen LogP contribution in [-0.4, -0.2) is 11.2 Å². The van der Waals surface area contributed by atoms with Crippen molar-refractivity contribution in [1.29, 1.82) is 0 Å². The van der Waals surface area contributed by atoms with Crippen LogP contribution in [0.1, 0.15) is 47.5 Å². The molecule has 0 aromatic heterocycles. The molecular formula is C14H24O. The van der Waals surface area contributed by atoms with E-state index in [2.05, 4.69) is 46.8 Å². The van der Waals surface area contributed by atoms with Gasteiger partial charge in [-0.3, -0.25) is 0 Å². The summed E-state index contributed by atoms with van der Waals surface area (Å²) in [5, 5.41) is 0. The van der Waals surface area contributed by atoms with E-state index >= 15 is 0 Å². The van der Waals surface area contributed by atoms with Crippen molar-refractivity contribution in [2.45, 2.75) is 58.7 Å². The highest BCUT2D eigenvalue weighted by atomic mass is 16.5. The van der Waals surface area contributed by atoms with Gasteiger partial charge < -0.3 is 4.74 Å². The molecule has 3 atom stereocenters. The molecule has 2 bridgehead atoms. The predicted octanol–water partition coefficient (Wildman–Crippen LogP) is 3.79. The molecule has 2 aliphatic rings. The third kappa shape index (κ3) is 2.28. The molecule has 0 saturated heterocycles. The predicted molar refractivity (Wildman–Crippen MR) is 63.8 cm³/mol. The van der Waals surface area contributed by atoms with Gasteiger partial charge in [-0.15, -0.1) is 0 Å². The fourth-order valence-electron chi connectivity index (χ4n) is 3.44. The fraction of sp³-hybridized carbons (Fsp3) is 0.857. The smallest absolute Gasteiger partial charge is 0.0667 e. The fourth-order valence-corrected chi connectivity index (χ4v) is 3.44. The molecule has 15 heavy (non-hydrogen) atoms. The molecule has 1 saturated carbocycles. The minimum atomic E-state index is -0.0327. The van der Waals surface area contributed by atoms with Gasteiger partial charge in [0, 0.05) is 0 Å². The van der Waals surface area contributed by atoms with Crippen LogP contribution in [0.25, 0.3) is 0 Å². The van der Waals surface area contributed by atoms with Crippen LogP contribution in [0.2, 0.25) is 0 Å². The van der Waals surface area contributed by atoms with E-state index in [4.69, 9.17) is 4.74 Å². The van der Waals surface area contributed by atoms with Gasteiger partial charge in [0.05, 0.1) is 11.2 Å². The van der Waals surface area contributed by atoms with Crippen LogP contribution in [-0.2, 0) is 4.74 Å². The average molecular weight is 208 g/mol. The molecule has 0 aromatic rings. The van der Waals surface area contributed by atoms with Crippen LogP contribution < -0.4 is 0 Å². The summed E-state index contributed by atoms with van der Waals surface area (Å²) in [6, 6.07) is 0. The molecule has 86 valence electrons. The number of allylic oxidation sites excluding steroid dienone is 2. The number of hydrogen-bond donors (Lipinski definition) is 0. The molecule has 0 radical (unpaired) electrons. The van der Waals surface area contributed by atoms with Crippen molar-refractivity contribution in [2.75, 3.05) is 0 Å². The Labute approximate surface area is 93.9 Å². The zero-order valence-electron chi connectivity index (χ0n) is 10.7. The lowest BCUT2D eigenvalue weighted by Gasteiger charge is -2.40. The highest BCUT2D eigenvalue weighted by Gasteiger charge is 2.45. The maximum Gasteiger partial charge on any atom is 0.0667 e. The van der Waals surface area contributed by atoms with Crippen molar-refractivity contribution in [3.63, 3.8) is 0 Å². The van der Waals surface area contributed by atoms with Crippen LogP contribution in [0.15, 0.2) is 12.2 Å². The second kappa shape index (κ2) is 3.35. The normalized spacial score (nSPS) is 35.1. The van der Waals surface area contributed by atoms with Crippen LogP contribution in [0.3, 0.4) is 0 Å². The summed E-state index contributed by atoms with van der Waals surface area (Å²) in [6.45, 7) is 11.0. The molecule has 0 spiro atoms. The Morgan fingerprint density at radius 1 is 1.00 bits per heavy atom. The van der Waals surface area contributed by atoms with E-state index in [1.807, 2.05) is 0 Å². The van der Waals surface area contributed by atoms with E-state index in [0.29, 0.717) is 5.92 Å². The third-order valence-electron chi connectivity index (χ3n) is 3.74. The van der Waals surface area contributed by atoms with Gasteiger partial charge in [-0.2, -0.15) is 0 Å². The van der Waals surface area contributed by atoms with Crippen molar-refractivity contribution in [2.24, 2.45) is 17.8 Å². The van der Waals surface area contributed by atoms with E-state index in [1.165, 1.54) is 12.8 Å². The summed E-state index contributed by atoms with van der Waals surface area (Å²) in [4.78, 5) is 0. The van der Waals surface area contributed by atoms with Gasteiger partial charge in [0.2, 0.25) is 0 Å². The Bertz CT molecular complexity index is 270. The maximum atomic E-state index is 6.23. The van der Waals surface area contributed by atoms with Crippen LogP contribution >= 0.6 is 0 Å². The van der Waals surface area contributed by atoms with Crippen molar-refractivity contribution < 1.29 is 4.74 Å². The standard InChI is InChI=1S/C14H24O/c1-13(2,3)15-14(4,5)12-9-10-6-7-11(12)8-10/h6-7,10-12H,8-9H2,1-5H3. The van der Waals surface area contributed by atoms with Crippen molar-refractivity contribution >= 4 is 0 Å². The Balaban J connectivity index is 2.06. The first-order valence-corrected chi connectivity index (χ1v) is 6.16. The number of fused-ring (bicyclic) bond motifs is 2. The molecule has 0 heterocycles. The van der Waals surface area contributed by atoms with E-state index in [-0.39, 0.29) is 11.2 Å². The number of hydrogen-bond acceptors (Lipinski definition) is 1. The Hall–Kier alpha value is -0.300. The molecule has 1 nitrogen and oxygen atoms in total. The van der Waals surface area contributed by atoms with Crippen LogP contribution in [0, 0.1) is 17.8 Å². The number of rotatable bonds is 2. The lowest BCUT2D eigenvalue weighted by Crippen LogP contribution is -2.42. The Kier molecular flexibility index (Phi) is 2.50. The minimum Gasteiger partial charge on any atom is -0.370 e. The molecule has 1 heteroatoms. The second-order valence-electron chi connectivity index (χ2n) is 6.70. The molecule has 2 aliphatic carbocycles. The van der Waals surface area contributed by atoms with E-state index in [0.717, 1.165) is 11.8 Å². The minimum absolute atomic E-state index is 0.0163. The van der Waals surface area contributed by atoms with Gasteiger partial charge >= 0.3 is 0 Å². The Morgan fingerprint density at radius 3 is 2.07 bits per heavy atom. The summed E-state index contributed by atoms with van der Waals surface area (Å²) in [5.74, 6) is 2.32. The van der Waals surface area contributed by atoms with Crippen molar-refractivity contribution in [3.8, 4) is 0 Å². The van der Waals surface area contributed by atoms with Crippen molar-refractivity contribution in [1.82, 2.24) is 0 Å². The van der Waals surface area contributed by atoms with E-state index in [9.17, 15) is 0 Å². The molecule has 0 aliphatic heterocycles. The van der Waals surface area contributed by atoms with Gasteiger partial charge in [-0.25, -0.2) is 0 Å². The first kappa shape index (κ1) is 11.2. The van der Waals surface area contributed by atoms with Gasteiger partial charge in [-0.1, -0.05) is 12.2 Å². The summed E-state index contributed by atoms with van der Waals surface area (Å²) >= 11 is 0. The lowest BCUT2D eigenvalue weighted by molar-refractivity contribution is -0.145. The van der Waals surface area contributed by atoms with Crippen molar-refractivity contribution in [3.05, 3.63) is 12.2 Å². The average Bonchev–Trinajstić information content (AvgIpc) is 2.58. The topological polar surface area (TPSA) is 9.23 Å². The summed E-state index contributed by atoms with van der Waals surface area (Å²) < 4.78 is 6.23. The second-order valence-corrected chi connectivity index (χ2v) is 6.70. The maximum absolute atomic E-state index is 6.23. The van der Waals surface area contributed by atoms with E-state index < -0.39 is 0 Å². The Morgan fingerprint density at radius 2 is 1.67 bits per heavy atom. The molecular weight excluding hydrogens is 184 g/mol. The molecule has 0 amide bonds. The summed E-state index contributed by atoms with van der Waals surface area (Å²) in [5.41, 5.74) is -0.0164.